The third-order valence-corrected chi connectivity index (χ3v) is 5.86. The number of nitrogens with two attached hydrogens (primary N) is 1. The highest BCUT2D eigenvalue weighted by Crippen LogP contribution is 2.34. The van der Waals surface area contributed by atoms with Crippen molar-refractivity contribution >= 4 is 5.91 Å². The van der Waals surface area contributed by atoms with Crippen LogP contribution in [0.3, 0.4) is 0 Å². The molecule has 1 aliphatic rings. The van der Waals surface area contributed by atoms with Gasteiger partial charge in [0.1, 0.15) is 0 Å². The molecule has 0 heterocycles. The van der Waals surface area contributed by atoms with Gasteiger partial charge >= 0.3 is 0 Å². The van der Waals surface area contributed by atoms with Crippen molar-refractivity contribution in [3.05, 3.63) is 23.8 Å². The minimum Gasteiger partial charge on any atom is -0.493 e. The number of nitrogens with one attached hydrogen (secondary N) is 1. The molecule has 0 radical (unpaired) electrons. The van der Waals surface area contributed by atoms with Crippen molar-refractivity contribution in [2.75, 3.05) is 13.7 Å². The number of rotatable bonds is 9. The first-order chi connectivity index (χ1) is 12.5. The summed E-state index contributed by atoms with van der Waals surface area (Å²) >= 11 is 0. The Morgan fingerprint density at radius 2 is 1.92 bits per heavy atom. The van der Waals surface area contributed by atoms with Gasteiger partial charge in [-0.15, -0.1) is 0 Å². The van der Waals surface area contributed by atoms with E-state index in [1.54, 1.807) is 7.11 Å². The highest BCUT2D eigenvalue weighted by atomic mass is 16.5. The van der Waals surface area contributed by atoms with E-state index in [1.807, 2.05) is 39.0 Å². The van der Waals surface area contributed by atoms with E-state index in [9.17, 15) is 4.79 Å². The van der Waals surface area contributed by atoms with Crippen LogP contribution in [0.1, 0.15) is 70.9 Å². The van der Waals surface area contributed by atoms with Crippen LogP contribution < -0.4 is 20.5 Å². The number of ether oxygens (including phenoxy) is 2. The zero-order valence-corrected chi connectivity index (χ0v) is 16.6. The highest BCUT2D eigenvalue weighted by molar-refractivity contribution is 5.83. The number of methoxy groups -OCH3 is 1. The van der Waals surface area contributed by atoms with Gasteiger partial charge in [-0.2, -0.15) is 0 Å². The van der Waals surface area contributed by atoms with E-state index >= 15 is 0 Å². The molecule has 1 saturated carbocycles. The zero-order chi connectivity index (χ0) is 19.2. The molecule has 0 bridgehead atoms. The number of carbonyl (C=O) groups is 1. The zero-order valence-electron chi connectivity index (χ0n) is 16.6. The standard InChI is InChI=1S/C21H34N2O3/c1-5-21(6-2,14-22)20(24)23-15(3)16-11-12-18(19(13-16)25-4)26-17-9-7-8-10-17/h11-13,15,17H,5-10,14,22H2,1-4H3,(H,23,24). The maximum atomic E-state index is 12.7. The topological polar surface area (TPSA) is 73.6 Å². The lowest BCUT2D eigenvalue weighted by atomic mass is 9.81. The Hall–Kier alpha value is -1.75. The molecule has 1 unspecified atom stereocenters. The molecule has 146 valence electrons. The van der Waals surface area contributed by atoms with Gasteiger partial charge in [-0.3, -0.25) is 4.79 Å². The van der Waals surface area contributed by atoms with Crippen molar-refractivity contribution in [2.45, 2.75) is 71.4 Å². The number of hydrogen-bond acceptors (Lipinski definition) is 4. The fourth-order valence-electron chi connectivity index (χ4n) is 3.62. The van der Waals surface area contributed by atoms with Gasteiger partial charge in [0.25, 0.3) is 0 Å². The fourth-order valence-corrected chi connectivity index (χ4v) is 3.62. The Labute approximate surface area is 157 Å². The summed E-state index contributed by atoms with van der Waals surface area (Å²) in [6.07, 6.45) is 6.41. The first kappa shape index (κ1) is 20.6. The third kappa shape index (κ3) is 4.50. The molecule has 2 rings (SSSR count). The number of benzene rings is 1. The molecule has 1 aliphatic carbocycles. The van der Waals surface area contributed by atoms with E-state index in [-0.39, 0.29) is 18.1 Å². The minimum absolute atomic E-state index is 0.0164. The van der Waals surface area contributed by atoms with Gasteiger partial charge in [0.15, 0.2) is 11.5 Å². The molecule has 0 saturated heterocycles. The minimum atomic E-state index is -0.496. The van der Waals surface area contributed by atoms with E-state index in [0.29, 0.717) is 12.3 Å². The summed E-state index contributed by atoms with van der Waals surface area (Å²) in [6.45, 7) is 6.37. The number of amides is 1. The van der Waals surface area contributed by atoms with Crippen LogP contribution >= 0.6 is 0 Å². The van der Waals surface area contributed by atoms with E-state index in [4.69, 9.17) is 15.2 Å². The second kappa shape index (κ2) is 9.26. The molecule has 3 N–H and O–H groups in total. The van der Waals surface area contributed by atoms with Gasteiger partial charge in [-0.05, 0) is 63.1 Å². The quantitative estimate of drug-likeness (QED) is 0.697. The van der Waals surface area contributed by atoms with Gasteiger partial charge < -0.3 is 20.5 Å². The Balaban J connectivity index is 2.10. The predicted molar refractivity (Wildman–Crippen MR) is 105 cm³/mol. The van der Waals surface area contributed by atoms with Crippen LogP contribution in [-0.4, -0.2) is 25.7 Å². The van der Waals surface area contributed by atoms with Crippen LogP contribution in [0.2, 0.25) is 0 Å². The van der Waals surface area contributed by atoms with Crippen molar-refractivity contribution in [1.82, 2.24) is 5.32 Å². The van der Waals surface area contributed by atoms with Crippen molar-refractivity contribution in [3.63, 3.8) is 0 Å². The Morgan fingerprint density at radius 1 is 1.27 bits per heavy atom. The summed E-state index contributed by atoms with van der Waals surface area (Å²) in [7, 11) is 1.65. The summed E-state index contributed by atoms with van der Waals surface area (Å²) in [4.78, 5) is 12.7. The molecule has 1 atom stereocenters. The average Bonchev–Trinajstić information content (AvgIpc) is 3.17. The van der Waals surface area contributed by atoms with Gasteiger partial charge in [-0.25, -0.2) is 0 Å². The van der Waals surface area contributed by atoms with E-state index in [2.05, 4.69) is 5.32 Å². The van der Waals surface area contributed by atoms with Crippen LogP contribution in [0.15, 0.2) is 18.2 Å². The molecule has 1 aromatic carbocycles. The summed E-state index contributed by atoms with van der Waals surface area (Å²) in [5.41, 5.74) is 6.39. The molecule has 5 heteroatoms. The van der Waals surface area contributed by atoms with Gasteiger partial charge in [0.05, 0.1) is 24.7 Å². The second-order valence-electron chi connectivity index (χ2n) is 7.32. The maximum absolute atomic E-state index is 12.7. The molecule has 0 aromatic heterocycles. The lowest BCUT2D eigenvalue weighted by Gasteiger charge is -2.30. The summed E-state index contributed by atoms with van der Waals surface area (Å²) in [5, 5.41) is 3.12. The molecular weight excluding hydrogens is 328 g/mol. The average molecular weight is 363 g/mol. The molecule has 1 amide bonds. The third-order valence-electron chi connectivity index (χ3n) is 5.86. The second-order valence-corrected chi connectivity index (χ2v) is 7.32. The summed E-state index contributed by atoms with van der Waals surface area (Å²) < 4.78 is 11.6. The number of hydrogen-bond donors (Lipinski definition) is 2. The van der Waals surface area contributed by atoms with Crippen LogP contribution in [0, 0.1) is 5.41 Å². The first-order valence-corrected chi connectivity index (χ1v) is 9.85. The first-order valence-electron chi connectivity index (χ1n) is 9.85. The summed E-state index contributed by atoms with van der Waals surface area (Å²) in [6, 6.07) is 5.78. The molecule has 1 aromatic rings. The normalized spacial score (nSPS) is 16.3. The van der Waals surface area contributed by atoms with Gasteiger partial charge in [0, 0.05) is 6.54 Å². The molecule has 1 fully saturated rings. The predicted octanol–water partition coefficient (Wildman–Crippen LogP) is 3.96. The van der Waals surface area contributed by atoms with E-state index < -0.39 is 5.41 Å². The Morgan fingerprint density at radius 3 is 2.46 bits per heavy atom. The molecular formula is C21H34N2O3. The van der Waals surface area contributed by atoms with Crippen molar-refractivity contribution < 1.29 is 14.3 Å². The molecule has 5 nitrogen and oxygen atoms in total. The molecule has 0 aliphatic heterocycles. The highest BCUT2D eigenvalue weighted by Gasteiger charge is 2.34. The Bertz CT molecular complexity index is 585. The van der Waals surface area contributed by atoms with E-state index in [1.165, 1.54) is 12.8 Å². The maximum Gasteiger partial charge on any atom is 0.227 e. The summed E-state index contributed by atoms with van der Waals surface area (Å²) in [5.74, 6) is 1.51. The van der Waals surface area contributed by atoms with Crippen LogP contribution in [0.4, 0.5) is 0 Å². The van der Waals surface area contributed by atoms with E-state index in [0.717, 1.165) is 37.0 Å². The van der Waals surface area contributed by atoms with Crippen LogP contribution in [0.5, 0.6) is 11.5 Å². The fraction of sp³-hybridized carbons (Fsp3) is 0.667. The largest absolute Gasteiger partial charge is 0.493 e. The monoisotopic (exact) mass is 362 g/mol. The Kier molecular flexibility index (Phi) is 7.33. The van der Waals surface area contributed by atoms with Crippen molar-refractivity contribution in [3.8, 4) is 11.5 Å². The molecule has 26 heavy (non-hydrogen) atoms. The van der Waals surface area contributed by atoms with Crippen molar-refractivity contribution in [1.29, 1.82) is 0 Å². The van der Waals surface area contributed by atoms with Gasteiger partial charge in [0.2, 0.25) is 5.91 Å². The lowest BCUT2D eigenvalue weighted by molar-refractivity contribution is -0.131. The van der Waals surface area contributed by atoms with Crippen LogP contribution in [-0.2, 0) is 4.79 Å². The molecule has 0 spiro atoms. The smallest absolute Gasteiger partial charge is 0.227 e. The lowest BCUT2D eigenvalue weighted by Crippen LogP contribution is -2.46. The van der Waals surface area contributed by atoms with Crippen molar-refractivity contribution in [2.24, 2.45) is 11.1 Å². The van der Waals surface area contributed by atoms with Gasteiger partial charge in [-0.1, -0.05) is 19.9 Å². The number of carbonyl (C=O) groups excluding carboxylic acids is 1. The van der Waals surface area contributed by atoms with Crippen LogP contribution in [0.25, 0.3) is 0 Å². The SMILES string of the molecule is CCC(CC)(CN)C(=O)NC(C)c1ccc(OC2CCCC2)c(OC)c1.